The van der Waals surface area contributed by atoms with Gasteiger partial charge >= 0.3 is 0 Å². The number of hydrogen-bond donors (Lipinski definition) is 1. The van der Waals surface area contributed by atoms with Gasteiger partial charge in [0, 0.05) is 18.8 Å². The van der Waals surface area contributed by atoms with Crippen LogP contribution >= 0.6 is 0 Å². The zero-order valence-electron chi connectivity index (χ0n) is 11.4. The van der Waals surface area contributed by atoms with Crippen LogP contribution in [0.1, 0.15) is 37.3 Å². The molecule has 1 saturated heterocycles. The number of benzene rings is 1. The second-order valence-corrected chi connectivity index (χ2v) is 5.98. The summed E-state index contributed by atoms with van der Waals surface area (Å²) in [6.45, 7) is 7.20. The minimum atomic E-state index is 0.916. The van der Waals surface area contributed by atoms with Crippen molar-refractivity contribution in [2.45, 2.75) is 39.2 Å². The van der Waals surface area contributed by atoms with E-state index in [4.69, 9.17) is 0 Å². The monoisotopic (exact) mass is 244 g/mol. The highest BCUT2D eigenvalue weighted by Gasteiger charge is 2.15. The van der Waals surface area contributed by atoms with Gasteiger partial charge in [-0.25, -0.2) is 0 Å². The molecule has 0 amide bonds. The van der Waals surface area contributed by atoms with Gasteiger partial charge in [0.1, 0.15) is 0 Å². The fourth-order valence-electron chi connectivity index (χ4n) is 3.20. The molecular weight excluding hydrogens is 220 g/mol. The Labute approximate surface area is 110 Å². The second kappa shape index (κ2) is 5.31. The van der Waals surface area contributed by atoms with Crippen LogP contribution in [0.4, 0.5) is 5.69 Å². The van der Waals surface area contributed by atoms with Crippen LogP contribution in [0.2, 0.25) is 0 Å². The lowest BCUT2D eigenvalue weighted by Gasteiger charge is -2.20. The molecule has 1 fully saturated rings. The van der Waals surface area contributed by atoms with Crippen LogP contribution in [-0.2, 0) is 13.0 Å². The smallest absolute Gasteiger partial charge is 0.0373 e. The normalized spacial score (nSPS) is 24.4. The summed E-state index contributed by atoms with van der Waals surface area (Å²) in [5.41, 5.74) is 4.35. The molecule has 1 aromatic rings. The zero-order valence-corrected chi connectivity index (χ0v) is 11.4. The number of anilines is 1. The van der Waals surface area contributed by atoms with E-state index in [0.717, 1.165) is 19.0 Å². The van der Waals surface area contributed by atoms with E-state index in [9.17, 15) is 0 Å². The molecule has 0 bridgehead atoms. The van der Waals surface area contributed by atoms with Crippen molar-refractivity contribution in [2.24, 2.45) is 5.92 Å². The molecule has 18 heavy (non-hydrogen) atoms. The van der Waals surface area contributed by atoms with Gasteiger partial charge in [0.2, 0.25) is 0 Å². The van der Waals surface area contributed by atoms with Crippen LogP contribution in [0.5, 0.6) is 0 Å². The molecule has 0 spiro atoms. The van der Waals surface area contributed by atoms with Crippen LogP contribution in [0, 0.1) is 5.92 Å². The summed E-state index contributed by atoms with van der Waals surface area (Å²) in [7, 11) is 0. The molecule has 2 heterocycles. The van der Waals surface area contributed by atoms with Gasteiger partial charge in [-0.2, -0.15) is 0 Å². The summed E-state index contributed by atoms with van der Waals surface area (Å²) in [5, 5.41) is 3.43. The molecule has 0 radical (unpaired) electrons. The average molecular weight is 244 g/mol. The molecule has 2 aliphatic heterocycles. The molecule has 2 nitrogen and oxygen atoms in total. The Balaban J connectivity index is 1.65. The van der Waals surface area contributed by atoms with Crippen molar-refractivity contribution >= 4 is 5.69 Å². The Kier molecular flexibility index (Phi) is 3.55. The zero-order chi connectivity index (χ0) is 12.4. The Morgan fingerprint density at radius 1 is 1.28 bits per heavy atom. The Bertz CT molecular complexity index is 414. The van der Waals surface area contributed by atoms with Crippen molar-refractivity contribution in [3.63, 3.8) is 0 Å². The van der Waals surface area contributed by atoms with E-state index >= 15 is 0 Å². The molecule has 1 N–H and O–H groups in total. The molecular formula is C16H24N2. The van der Waals surface area contributed by atoms with Crippen molar-refractivity contribution in [1.82, 2.24) is 4.90 Å². The summed E-state index contributed by atoms with van der Waals surface area (Å²) in [6.07, 6.45) is 5.34. The highest BCUT2D eigenvalue weighted by Crippen LogP contribution is 2.24. The predicted molar refractivity (Wildman–Crippen MR) is 76.9 cm³/mol. The topological polar surface area (TPSA) is 15.3 Å². The third-order valence-corrected chi connectivity index (χ3v) is 4.40. The summed E-state index contributed by atoms with van der Waals surface area (Å²) in [5.74, 6) is 0.916. The number of hydrogen-bond acceptors (Lipinski definition) is 2. The first-order valence-corrected chi connectivity index (χ1v) is 7.39. The number of nitrogens with one attached hydrogen (secondary N) is 1. The Morgan fingerprint density at radius 2 is 2.22 bits per heavy atom. The summed E-state index contributed by atoms with van der Waals surface area (Å²) in [6, 6.07) is 6.97. The third-order valence-electron chi connectivity index (χ3n) is 4.40. The molecule has 1 unspecified atom stereocenters. The van der Waals surface area contributed by atoms with Crippen LogP contribution in [-0.4, -0.2) is 24.5 Å². The molecule has 3 rings (SSSR count). The highest BCUT2D eigenvalue weighted by atomic mass is 15.1. The number of likely N-dealkylation sites (tertiary alicyclic amines) is 1. The number of fused-ring (bicyclic) bond motifs is 1. The lowest BCUT2D eigenvalue weighted by Crippen LogP contribution is -2.24. The minimum Gasteiger partial charge on any atom is -0.384 e. The Hall–Kier alpha value is -1.02. The van der Waals surface area contributed by atoms with Crippen LogP contribution in [0.25, 0.3) is 0 Å². The van der Waals surface area contributed by atoms with Gasteiger partial charge in [-0.1, -0.05) is 19.1 Å². The third kappa shape index (κ3) is 2.69. The molecule has 2 heteroatoms. The first-order chi connectivity index (χ1) is 8.81. The summed E-state index contributed by atoms with van der Waals surface area (Å²) in [4.78, 5) is 2.63. The first kappa shape index (κ1) is 12.0. The van der Waals surface area contributed by atoms with E-state index in [1.807, 2.05) is 0 Å². The molecule has 1 aromatic carbocycles. The van der Waals surface area contributed by atoms with Crippen molar-refractivity contribution in [3.05, 3.63) is 29.3 Å². The van der Waals surface area contributed by atoms with Gasteiger partial charge in [-0.3, -0.25) is 4.90 Å². The lowest BCUT2D eigenvalue weighted by molar-refractivity contribution is 0.273. The van der Waals surface area contributed by atoms with Crippen LogP contribution in [0.3, 0.4) is 0 Å². The van der Waals surface area contributed by atoms with E-state index in [2.05, 4.69) is 35.3 Å². The van der Waals surface area contributed by atoms with E-state index in [-0.39, 0.29) is 0 Å². The highest BCUT2D eigenvalue weighted by molar-refractivity contribution is 5.56. The largest absolute Gasteiger partial charge is 0.384 e. The predicted octanol–water partition coefficient (Wildman–Crippen LogP) is 3.28. The van der Waals surface area contributed by atoms with Gasteiger partial charge in [-0.05, 0) is 61.9 Å². The number of nitrogens with zero attached hydrogens (tertiary/aromatic N) is 1. The van der Waals surface area contributed by atoms with E-state index < -0.39 is 0 Å². The van der Waals surface area contributed by atoms with Gasteiger partial charge in [0.05, 0.1) is 0 Å². The molecule has 0 aliphatic carbocycles. The standard InChI is InChI=1S/C16H24N2/c1-13-3-2-9-18(10-7-13)12-14-4-5-16-15(11-14)6-8-17-16/h4-5,11,13,17H,2-3,6-10,12H2,1H3. The van der Waals surface area contributed by atoms with Gasteiger partial charge < -0.3 is 5.32 Å². The van der Waals surface area contributed by atoms with E-state index in [0.29, 0.717) is 0 Å². The second-order valence-electron chi connectivity index (χ2n) is 5.98. The maximum atomic E-state index is 3.43. The van der Waals surface area contributed by atoms with Crippen molar-refractivity contribution in [3.8, 4) is 0 Å². The fraction of sp³-hybridized carbons (Fsp3) is 0.625. The maximum Gasteiger partial charge on any atom is 0.0373 e. The van der Waals surface area contributed by atoms with Crippen molar-refractivity contribution in [2.75, 3.05) is 25.0 Å². The van der Waals surface area contributed by atoms with Gasteiger partial charge in [0.25, 0.3) is 0 Å². The Morgan fingerprint density at radius 3 is 3.17 bits per heavy atom. The quantitative estimate of drug-likeness (QED) is 0.859. The van der Waals surface area contributed by atoms with Crippen LogP contribution in [0.15, 0.2) is 18.2 Å². The minimum absolute atomic E-state index is 0.916. The van der Waals surface area contributed by atoms with Gasteiger partial charge in [-0.15, -0.1) is 0 Å². The molecule has 0 saturated carbocycles. The first-order valence-electron chi connectivity index (χ1n) is 7.39. The van der Waals surface area contributed by atoms with E-state index in [1.165, 1.54) is 55.6 Å². The van der Waals surface area contributed by atoms with Crippen molar-refractivity contribution < 1.29 is 0 Å². The molecule has 1 atom stereocenters. The summed E-state index contributed by atoms with van der Waals surface area (Å²) >= 11 is 0. The van der Waals surface area contributed by atoms with Gasteiger partial charge in [0.15, 0.2) is 0 Å². The van der Waals surface area contributed by atoms with Crippen LogP contribution < -0.4 is 5.32 Å². The molecule has 0 aromatic heterocycles. The summed E-state index contributed by atoms with van der Waals surface area (Å²) < 4.78 is 0. The lowest BCUT2D eigenvalue weighted by atomic mass is 10.0. The SMILES string of the molecule is CC1CCCN(Cc2ccc3c(c2)CCN3)CC1. The van der Waals surface area contributed by atoms with Crippen molar-refractivity contribution in [1.29, 1.82) is 0 Å². The average Bonchev–Trinajstić information content (AvgIpc) is 2.74. The number of rotatable bonds is 2. The van der Waals surface area contributed by atoms with E-state index in [1.54, 1.807) is 0 Å². The maximum absolute atomic E-state index is 3.43. The fourth-order valence-corrected chi connectivity index (χ4v) is 3.20. The molecule has 98 valence electrons. The molecule has 2 aliphatic rings.